The van der Waals surface area contributed by atoms with E-state index in [9.17, 15) is 4.79 Å². The van der Waals surface area contributed by atoms with E-state index in [2.05, 4.69) is 18.8 Å². The first-order chi connectivity index (χ1) is 8.38. The van der Waals surface area contributed by atoms with Crippen LogP contribution in [0, 0.1) is 5.41 Å². The van der Waals surface area contributed by atoms with Crippen LogP contribution in [-0.2, 0) is 10.3 Å². The van der Waals surface area contributed by atoms with Crippen molar-refractivity contribution >= 4 is 17.3 Å². The summed E-state index contributed by atoms with van der Waals surface area (Å²) in [6.07, 6.45) is 3.96. The highest BCUT2D eigenvalue weighted by Gasteiger charge is 2.42. The van der Waals surface area contributed by atoms with Crippen molar-refractivity contribution in [2.24, 2.45) is 5.41 Å². The molecule has 1 saturated carbocycles. The van der Waals surface area contributed by atoms with Crippen molar-refractivity contribution in [3.63, 3.8) is 0 Å². The van der Waals surface area contributed by atoms with E-state index in [0.717, 1.165) is 30.7 Å². The minimum Gasteiger partial charge on any atom is -0.476 e. The molecule has 2 rings (SSSR count). The summed E-state index contributed by atoms with van der Waals surface area (Å²) in [6, 6.07) is 0. The van der Waals surface area contributed by atoms with Crippen LogP contribution in [0.3, 0.4) is 0 Å². The van der Waals surface area contributed by atoms with Crippen molar-refractivity contribution in [2.45, 2.75) is 45.1 Å². The molecule has 1 fully saturated rings. The van der Waals surface area contributed by atoms with Gasteiger partial charge in [-0.05, 0) is 31.1 Å². The summed E-state index contributed by atoms with van der Waals surface area (Å²) in [4.78, 5) is 15.1. The number of carbonyl (C=O) groups is 1. The SMILES string of the molecule is COC1(c2nc(C(=O)O)cs2)CCC(C)(C)CC1. The number of nitrogens with zero attached hydrogens (tertiary/aromatic N) is 1. The number of aromatic nitrogens is 1. The molecule has 0 aromatic carbocycles. The lowest BCUT2D eigenvalue weighted by atomic mass is 9.71. The van der Waals surface area contributed by atoms with E-state index >= 15 is 0 Å². The highest BCUT2D eigenvalue weighted by atomic mass is 32.1. The zero-order valence-electron chi connectivity index (χ0n) is 11.0. The maximum atomic E-state index is 10.9. The summed E-state index contributed by atoms with van der Waals surface area (Å²) < 4.78 is 5.71. The molecule has 0 atom stereocenters. The molecule has 1 N–H and O–H groups in total. The van der Waals surface area contributed by atoms with Crippen molar-refractivity contribution in [1.29, 1.82) is 0 Å². The molecular weight excluding hydrogens is 250 g/mol. The Hall–Kier alpha value is -0.940. The Balaban J connectivity index is 2.25. The van der Waals surface area contributed by atoms with Gasteiger partial charge in [-0.3, -0.25) is 0 Å². The lowest BCUT2D eigenvalue weighted by Crippen LogP contribution is -2.36. The van der Waals surface area contributed by atoms with Crippen LogP contribution >= 0.6 is 11.3 Å². The number of aromatic carboxylic acids is 1. The molecular formula is C13H19NO3S. The van der Waals surface area contributed by atoms with Gasteiger partial charge in [0.15, 0.2) is 5.69 Å². The van der Waals surface area contributed by atoms with Crippen LogP contribution < -0.4 is 0 Å². The highest BCUT2D eigenvalue weighted by Crippen LogP contribution is 2.47. The number of ether oxygens (including phenoxy) is 1. The number of hydrogen-bond donors (Lipinski definition) is 1. The molecule has 1 aliphatic rings. The number of carboxylic acid groups (broad SMARTS) is 1. The Morgan fingerprint density at radius 2 is 2.00 bits per heavy atom. The van der Waals surface area contributed by atoms with Gasteiger partial charge in [0.2, 0.25) is 0 Å². The minimum atomic E-state index is -0.972. The number of methoxy groups -OCH3 is 1. The molecule has 0 amide bonds. The summed E-state index contributed by atoms with van der Waals surface area (Å²) in [5.41, 5.74) is 0.0827. The number of rotatable bonds is 3. The van der Waals surface area contributed by atoms with Gasteiger partial charge in [-0.15, -0.1) is 11.3 Å². The average Bonchev–Trinajstić information content (AvgIpc) is 2.80. The molecule has 0 radical (unpaired) electrons. The van der Waals surface area contributed by atoms with Crippen molar-refractivity contribution in [3.8, 4) is 0 Å². The number of hydrogen-bond acceptors (Lipinski definition) is 4. The summed E-state index contributed by atoms with van der Waals surface area (Å²) in [5.74, 6) is -0.972. The molecule has 4 nitrogen and oxygen atoms in total. The molecule has 0 bridgehead atoms. The first-order valence-electron chi connectivity index (χ1n) is 6.13. The summed E-state index contributed by atoms with van der Waals surface area (Å²) in [7, 11) is 1.69. The molecule has 1 heterocycles. The van der Waals surface area contributed by atoms with Gasteiger partial charge in [-0.1, -0.05) is 13.8 Å². The molecule has 0 aliphatic heterocycles. The molecule has 1 aromatic heterocycles. The van der Waals surface area contributed by atoms with Crippen molar-refractivity contribution in [1.82, 2.24) is 4.98 Å². The Labute approximate surface area is 111 Å². The number of carboxylic acids is 1. The third-order valence-electron chi connectivity index (χ3n) is 3.92. The molecule has 0 spiro atoms. The van der Waals surface area contributed by atoms with Crippen LogP contribution in [0.25, 0.3) is 0 Å². The van der Waals surface area contributed by atoms with Gasteiger partial charge in [0.25, 0.3) is 0 Å². The maximum Gasteiger partial charge on any atom is 0.355 e. The smallest absolute Gasteiger partial charge is 0.355 e. The number of thiazole rings is 1. The third kappa shape index (κ3) is 2.42. The van der Waals surface area contributed by atoms with Crippen LogP contribution in [0.4, 0.5) is 0 Å². The molecule has 5 heteroatoms. The Bertz CT molecular complexity index is 443. The standard InChI is InChI=1S/C13H19NO3S/c1-12(2)4-6-13(17-3,7-5-12)11-14-9(8-18-11)10(15)16/h8H,4-7H2,1-3H3,(H,15,16). The van der Waals surface area contributed by atoms with Gasteiger partial charge < -0.3 is 9.84 Å². The fourth-order valence-corrected chi connectivity index (χ4v) is 3.45. The molecule has 0 saturated heterocycles. The second kappa shape index (κ2) is 4.63. The van der Waals surface area contributed by atoms with Crippen LogP contribution in [0.15, 0.2) is 5.38 Å². The lowest BCUT2D eigenvalue weighted by Gasteiger charge is -2.41. The van der Waals surface area contributed by atoms with E-state index in [1.807, 2.05) is 0 Å². The van der Waals surface area contributed by atoms with Gasteiger partial charge in [-0.2, -0.15) is 0 Å². The molecule has 0 unspecified atom stereocenters. The lowest BCUT2D eigenvalue weighted by molar-refractivity contribution is -0.0668. The summed E-state index contributed by atoms with van der Waals surface area (Å²) >= 11 is 1.39. The minimum absolute atomic E-state index is 0.122. The fourth-order valence-electron chi connectivity index (χ4n) is 2.42. The fraction of sp³-hybridized carbons (Fsp3) is 0.692. The van der Waals surface area contributed by atoms with E-state index < -0.39 is 5.97 Å². The van der Waals surface area contributed by atoms with Crippen molar-refractivity contribution < 1.29 is 14.6 Å². The molecule has 100 valence electrons. The Kier molecular flexibility index (Phi) is 3.47. The first kappa shape index (κ1) is 13.5. The largest absolute Gasteiger partial charge is 0.476 e. The topological polar surface area (TPSA) is 59.4 Å². The Morgan fingerprint density at radius 3 is 2.44 bits per heavy atom. The van der Waals surface area contributed by atoms with Crippen LogP contribution in [-0.4, -0.2) is 23.2 Å². The van der Waals surface area contributed by atoms with Gasteiger partial charge in [0.1, 0.15) is 10.6 Å². The molecule has 1 aromatic rings. The highest BCUT2D eigenvalue weighted by molar-refractivity contribution is 7.10. The predicted molar refractivity (Wildman–Crippen MR) is 70.0 cm³/mol. The molecule has 18 heavy (non-hydrogen) atoms. The second-order valence-corrected chi connectivity index (χ2v) is 6.56. The van der Waals surface area contributed by atoms with E-state index in [1.165, 1.54) is 11.3 Å². The van der Waals surface area contributed by atoms with E-state index in [4.69, 9.17) is 9.84 Å². The monoisotopic (exact) mass is 269 g/mol. The zero-order valence-corrected chi connectivity index (χ0v) is 11.8. The second-order valence-electron chi connectivity index (χ2n) is 5.71. The average molecular weight is 269 g/mol. The van der Waals surface area contributed by atoms with Gasteiger partial charge in [0, 0.05) is 12.5 Å². The maximum absolute atomic E-state index is 10.9. The van der Waals surface area contributed by atoms with E-state index in [1.54, 1.807) is 12.5 Å². The van der Waals surface area contributed by atoms with Crippen molar-refractivity contribution in [2.75, 3.05) is 7.11 Å². The van der Waals surface area contributed by atoms with E-state index in [-0.39, 0.29) is 11.3 Å². The predicted octanol–water partition coefficient (Wildman–Crippen LogP) is 3.28. The Morgan fingerprint density at radius 1 is 1.39 bits per heavy atom. The van der Waals surface area contributed by atoms with Crippen molar-refractivity contribution in [3.05, 3.63) is 16.1 Å². The normalized spacial score (nSPS) is 21.7. The van der Waals surface area contributed by atoms with Gasteiger partial charge in [0.05, 0.1) is 0 Å². The van der Waals surface area contributed by atoms with Crippen LogP contribution in [0.5, 0.6) is 0 Å². The third-order valence-corrected chi connectivity index (χ3v) is 4.94. The zero-order chi connectivity index (χ0) is 13.4. The van der Waals surface area contributed by atoms with Gasteiger partial charge in [-0.25, -0.2) is 9.78 Å². The van der Waals surface area contributed by atoms with E-state index in [0.29, 0.717) is 5.41 Å². The van der Waals surface area contributed by atoms with Crippen LogP contribution in [0.1, 0.15) is 55.0 Å². The van der Waals surface area contributed by atoms with Crippen LogP contribution in [0.2, 0.25) is 0 Å². The van der Waals surface area contributed by atoms with Gasteiger partial charge >= 0.3 is 5.97 Å². The first-order valence-corrected chi connectivity index (χ1v) is 7.01. The summed E-state index contributed by atoms with van der Waals surface area (Å²) in [6.45, 7) is 4.52. The quantitative estimate of drug-likeness (QED) is 0.914. The summed E-state index contributed by atoms with van der Waals surface area (Å²) in [5, 5.41) is 11.3. The molecule has 1 aliphatic carbocycles.